The average Bonchev–Trinajstić information content (AvgIpc) is 3.01. The van der Waals surface area contributed by atoms with Crippen molar-refractivity contribution in [1.82, 2.24) is 5.32 Å². The number of benzene rings is 1. The lowest BCUT2D eigenvalue weighted by Crippen LogP contribution is -2.35. The van der Waals surface area contributed by atoms with E-state index < -0.39 is 12.1 Å². The zero-order valence-electron chi connectivity index (χ0n) is 13.6. The van der Waals surface area contributed by atoms with Crippen molar-refractivity contribution in [3.8, 4) is 0 Å². The lowest BCUT2D eigenvalue weighted by molar-refractivity contribution is -0.154. The lowest BCUT2D eigenvalue weighted by atomic mass is 10.0. The van der Waals surface area contributed by atoms with Crippen molar-refractivity contribution >= 4 is 23.2 Å². The van der Waals surface area contributed by atoms with E-state index in [0.717, 1.165) is 16.0 Å². The number of rotatable bonds is 6. The SMILES string of the molecule is Cc1ccc(CC(=O)O[C@H](C)C(=O)NCc2cccs2)cc1C. The molecule has 2 rings (SSSR count). The maximum atomic E-state index is 12.0. The summed E-state index contributed by atoms with van der Waals surface area (Å²) in [5.41, 5.74) is 3.21. The van der Waals surface area contributed by atoms with Gasteiger partial charge in [-0.1, -0.05) is 24.3 Å². The van der Waals surface area contributed by atoms with Crippen molar-refractivity contribution in [2.24, 2.45) is 0 Å². The monoisotopic (exact) mass is 331 g/mol. The van der Waals surface area contributed by atoms with Crippen LogP contribution in [-0.4, -0.2) is 18.0 Å². The van der Waals surface area contributed by atoms with Gasteiger partial charge in [-0.25, -0.2) is 0 Å². The quantitative estimate of drug-likeness (QED) is 0.827. The van der Waals surface area contributed by atoms with Gasteiger partial charge in [0.05, 0.1) is 13.0 Å². The Bertz CT molecular complexity index is 680. The molecule has 0 aliphatic carbocycles. The Kier molecular flexibility index (Phi) is 5.93. The predicted molar refractivity (Wildman–Crippen MR) is 91.3 cm³/mol. The van der Waals surface area contributed by atoms with Crippen LogP contribution >= 0.6 is 11.3 Å². The highest BCUT2D eigenvalue weighted by molar-refractivity contribution is 7.09. The number of carbonyl (C=O) groups excluding carboxylic acids is 2. The first-order valence-corrected chi connectivity index (χ1v) is 8.39. The molecular formula is C18H21NO3S. The molecule has 0 saturated carbocycles. The molecule has 1 atom stereocenters. The molecule has 1 aromatic heterocycles. The van der Waals surface area contributed by atoms with E-state index in [-0.39, 0.29) is 12.3 Å². The molecule has 23 heavy (non-hydrogen) atoms. The van der Waals surface area contributed by atoms with Gasteiger partial charge < -0.3 is 10.1 Å². The van der Waals surface area contributed by atoms with Gasteiger partial charge in [-0.3, -0.25) is 9.59 Å². The molecule has 4 nitrogen and oxygen atoms in total. The summed E-state index contributed by atoms with van der Waals surface area (Å²) in [5, 5.41) is 4.72. The van der Waals surface area contributed by atoms with E-state index in [1.54, 1.807) is 18.3 Å². The van der Waals surface area contributed by atoms with Crippen LogP contribution in [-0.2, 0) is 27.3 Å². The number of aryl methyl sites for hydroxylation is 2. The molecule has 1 aromatic carbocycles. The van der Waals surface area contributed by atoms with Crippen LogP contribution < -0.4 is 5.32 Å². The number of hydrogen-bond acceptors (Lipinski definition) is 4. The van der Waals surface area contributed by atoms with Gasteiger partial charge in [-0.2, -0.15) is 0 Å². The zero-order valence-corrected chi connectivity index (χ0v) is 14.4. The smallest absolute Gasteiger partial charge is 0.311 e. The van der Waals surface area contributed by atoms with Gasteiger partial charge in [0.15, 0.2) is 6.10 Å². The molecule has 0 bridgehead atoms. The molecule has 0 saturated heterocycles. The number of ether oxygens (including phenoxy) is 1. The first-order valence-electron chi connectivity index (χ1n) is 7.51. The topological polar surface area (TPSA) is 55.4 Å². The average molecular weight is 331 g/mol. The van der Waals surface area contributed by atoms with Crippen LogP contribution in [0, 0.1) is 13.8 Å². The molecule has 1 amide bonds. The summed E-state index contributed by atoms with van der Waals surface area (Å²) in [4.78, 5) is 25.0. The zero-order chi connectivity index (χ0) is 16.8. The highest BCUT2D eigenvalue weighted by atomic mass is 32.1. The maximum Gasteiger partial charge on any atom is 0.311 e. The highest BCUT2D eigenvalue weighted by Crippen LogP contribution is 2.11. The standard InChI is InChI=1S/C18H21NO3S/c1-12-6-7-15(9-13(12)2)10-17(20)22-14(3)18(21)19-11-16-5-4-8-23-16/h4-9,14H,10-11H2,1-3H3,(H,19,21)/t14-/m1/s1. The van der Waals surface area contributed by atoms with Crippen LogP contribution in [0.5, 0.6) is 0 Å². The minimum Gasteiger partial charge on any atom is -0.452 e. The van der Waals surface area contributed by atoms with Gasteiger partial charge >= 0.3 is 5.97 Å². The first kappa shape index (κ1) is 17.2. The molecule has 0 aliphatic rings. The van der Waals surface area contributed by atoms with E-state index >= 15 is 0 Å². The minimum absolute atomic E-state index is 0.170. The summed E-state index contributed by atoms with van der Waals surface area (Å²) >= 11 is 1.57. The number of amides is 1. The first-order chi connectivity index (χ1) is 11.0. The second-order valence-electron chi connectivity index (χ2n) is 5.52. The van der Waals surface area contributed by atoms with Gasteiger partial charge in [-0.15, -0.1) is 11.3 Å². The second kappa shape index (κ2) is 7.92. The Morgan fingerprint density at radius 1 is 1.22 bits per heavy atom. The van der Waals surface area contributed by atoms with Gasteiger partial charge in [0.25, 0.3) is 5.91 Å². The van der Waals surface area contributed by atoms with Crippen LogP contribution in [0.25, 0.3) is 0 Å². The summed E-state index contributed by atoms with van der Waals surface area (Å²) in [6.45, 7) is 6.07. The highest BCUT2D eigenvalue weighted by Gasteiger charge is 2.17. The van der Waals surface area contributed by atoms with Crippen LogP contribution in [0.4, 0.5) is 0 Å². The van der Waals surface area contributed by atoms with Gasteiger partial charge in [0.2, 0.25) is 0 Å². The number of esters is 1. The molecule has 0 unspecified atom stereocenters. The normalized spacial score (nSPS) is 11.8. The van der Waals surface area contributed by atoms with Crippen molar-refractivity contribution in [3.63, 3.8) is 0 Å². The Balaban J connectivity index is 1.81. The van der Waals surface area contributed by atoms with E-state index in [4.69, 9.17) is 4.74 Å². The van der Waals surface area contributed by atoms with Crippen LogP contribution in [0.3, 0.4) is 0 Å². The summed E-state index contributed by atoms with van der Waals surface area (Å²) < 4.78 is 5.21. The third-order valence-corrected chi connectivity index (χ3v) is 4.49. The lowest BCUT2D eigenvalue weighted by Gasteiger charge is -2.13. The van der Waals surface area contributed by atoms with Crippen molar-refractivity contribution in [2.45, 2.75) is 39.8 Å². The van der Waals surface area contributed by atoms with Crippen molar-refractivity contribution in [1.29, 1.82) is 0 Å². The number of nitrogens with one attached hydrogen (secondary N) is 1. The van der Waals surface area contributed by atoms with Gasteiger partial charge in [0, 0.05) is 4.88 Å². The molecule has 1 heterocycles. The second-order valence-corrected chi connectivity index (χ2v) is 6.56. The van der Waals surface area contributed by atoms with E-state index in [1.807, 2.05) is 49.6 Å². The van der Waals surface area contributed by atoms with E-state index in [9.17, 15) is 9.59 Å². The molecule has 0 spiro atoms. The van der Waals surface area contributed by atoms with Crippen LogP contribution in [0.15, 0.2) is 35.7 Å². The van der Waals surface area contributed by atoms with Gasteiger partial charge in [-0.05, 0) is 48.9 Å². The summed E-state index contributed by atoms with van der Waals surface area (Å²) in [7, 11) is 0. The Hall–Kier alpha value is -2.14. The Morgan fingerprint density at radius 2 is 2.00 bits per heavy atom. The van der Waals surface area contributed by atoms with Crippen LogP contribution in [0.2, 0.25) is 0 Å². The van der Waals surface area contributed by atoms with E-state index in [2.05, 4.69) is 5.32 Å². The van der Waals surface area contributed by atoms with Crippen LogP contribution in [0.1, 0.15) is 28.5 Å². The Labute approximate surface area is 140 Å². The molecule has 0 radical (unpaired) electrons. The van der Waals surface area contributed by atoms with Crippen molar-refractivity contribution in [3.05, 3.63) is 57.3 Å². The largest absolute Gasteiger partial charge is 0.452 e. The third-order valence-electron chi connectivity index (χ3n) is 3.61. The summed E-state index contributed by atoms with van der Waals surface area (Å²) in [5.74, 6) is -0.682. The predicted octanol–water partition coefficient (Wildman–Crippen LogP) is 3.16. The van der Waals surface area contributed by atoms with E-state index in [1.165, 1.54) is 5.56 Å². The van der Waals surface area contributed by atoms with Crippen molar-refractivity contribution in [2.75, 3.05) is 0 Å². The minimum atomic E-state index is -0.797. The molecule has 2 aromatic rings. The molecule has 122 valence electrons. The molecule has 0 aliphatic heterocycles. The number of thiophene rings is 1. The molecule has 0 fully saturated rings. The fourth-order valence-electron chi connectivity index (χ4n) is 2.10. The fourth-order valence-corrected chi connectivity index (χ4v) is 2.75. The number of carbonyl (C=O) groups is 2. The summed E-state index contributed by atoms with van der Waals surface area (Å²) in [6, 6.07) is 9.73. The number of hydrogen-bond donors (Lipinski definition) is 1. The van der Waals surface area contributed by atoms with E-state index in [0.29, 0.717) is 6.54 Å². The maximum absolute atomic E-state index is 12.0. The fraction of sp³-hybridized carbons (Fsp3) is 0.333. The van der Waals surface area contributed by atoms with Crippen molar-refractivity contribution < 1.29 is 14.3 Å². The summed E-state index contributed by atoms with van der Waals surface area (Å²) in [6.07, 6.45) is -0.627. The van der Waals surface area contributed by atoms with Gasteiger partial charge in [0.1, 0.15) is 0 Å². The molecule has 5 heteroatoms. The Morgan fingerprint density at radius 3 is 2.65 bits per heavy atom. The molecular weight excluding hydrogens is 310 g/mol. The third kappa shape index (κ3) is 5.21. The molecule has 1 N–H and O–H groups in total.